The lowest BCUT2D eigenvalue weighted by molar-refractivity contribution is -0.123. The largest absolute Gasteiger partial charge is 0.483 e. The van der Waals surface area contributed by atoms with Crippen LogP contribution in [0.4, 0.5) is 0 Å². The van der Waals surface area contributed by atoms with Crippen molar-refractivity contribution < 1.29 is 14.3 Å². The van der Waals surface area contributed by atoms with Crippen LogP contribution in [0.5, 0.6) is 11.6 Å². The highest BCUT2D eigenvalue weighted by Crippen LogP contribution is 2.29. The van der Waals surface area contributed by atoms with E-state index in [-0.39, 0.29) is 12.5 Å². The van der Waals surface area contributed by atoms with Crippen molar-refractivity contribution in [1.82, 2.24) is 10.3 Å². The standard InChI is InChI=1S/C22H28N2O3/c1-15(2)19-8-4-16(3)20(10-19)26-14-21(25)23-11-18-7-9-22(24-12-18)27-13-17-5-6-17/h4,7-10,12,15,17H,5-6,11,13-14H2,1-3H3,(H,23,25). The summed E-state index contributed by atoms with van der Waals surface area (Å²) in [6, 6.07) is 9.91. The maximum atomic E-state index is 12.1. The van der Waals surface area contributed by atoms with Gasteiger partial charge in [0.05, 0.1) is 6.61 Å². The van der Waals surface area contributed by atoms with Gasteiger partial charge in [0.2, 0.25) is 5.88 Å². The summed E-state index contributed by atoms with van der Waals surface area (Å²) in [6.45, 7) is 7.42. The molecule has 1 fully saturated rings. The summed E-state index contributed by atoms with van der Waals surface area (Å²) >= 11 is 0. The van der Waals surface area contributed by atoms with Gasteiger partial charge in [0.15, 0.2) is 6.61 Å². The summed E-state index contributed by atoms with van der Waals surface area (Å²) in [5.41, 5.74) is 3.16. The maximum Gasteiger partial charge on any atom is 0.258 e. The maximum absolute atomic E-state index is 12.1. The van der Waals surface area contributed by atoms with Gasteiger partial charge < -0.3 is 14.8 Å². The van der Waals surface area contributed by atoms with Gasteiger partial charge in [-0.05, 0) is 54.4 Å². The molecule has 0 unspecified atom stereocenters. The third-order valence-corrected chi connectivity index (χ3v) is 4.69. The van der Waals surface area contributed by atoms with E-state index in [0.29, 0.717) is 24.3 Å². The Hall–Kier alpha value is -2.56. The van der Waals surface area contributed by atoms with Crippen LogP contribution in [-0.4, -0.2) is 24.1 Å². The second kappa shape index (κ2) is 8.89. The molecule has 1 heterocycles. The van der Waals surface area contributed by atoms with Crippen LogP contribution in [0.2, 0.25) is 0 Å². The Labute approximate surface area is 161 Å². The van der Waals surface area contributed by atoms with E-state index >= 15 is 0 Å². The molecule has 1 aliphatic carbocycles. The summed E-state index contributed by atoms with van der Waals surface area (Å²) in [6.07, 6.45) is 4.25. The summed E-state index contributed by atoms with van der Waals surface area (Å²) < 4.78 is 11.3. The lowest BCUT2D eigenvalue weighted by Crippen LogP contribution is -2.28. The summed E-state index contributed by atoms with van der Waals surface area (Å²) in [7, 11) is 0. The number of pyridine rings is 1. The van der Waals surface area contributed by atoms with E-state index in [1.54, 1.807) is 6.20 Å². The summed E-state index contributed by atoms with van der Waals surface area (Å²) in [4.78, 5) is 16.4. The number of carbonyl (C=O) groups excluding carboxylic acids is 1. The average Bonchev–Trinajstić information content (AvgIpc) is 3.49. The minimum absolute atomic E-state index is 0.00159. The fraction of sp³-hybridized carbons (Fsp3) is 0.455. The van der Waals surface area contributed by atoms with Crippen LogP contribution < -0.4 is 14.8 Å². The number of hydrogen-bond acceptors (Lipinski definition) is 4. The lowest BCUT2D eigenvalue weighted by Gasteiger charge is -2.13. The first-order valence-corrected chi connectivity index (χ1v) is 9.59. The molecule has 3 rings (SSSR count). The smallest absolute Gasteiger partial charge is 0.258 e. The Balaban J connectivity index is 1.43. The van der Waals surface area contributed by atoms with Crippen LogP contribution in [0.1, 0.15) is 49.3 Å². The molecule has 5 heteroatoms. The van der Waals surface area contributed by atoms with Crippen molar-refractivity contribution in [2.75, 3.05) is 13.2 Å². The first-order chi connectivity index (χ1) is 13.0. The van der Waals surface area contributed by atoms with Gasteiger partial charge in [-0.1, -0.05) is 32.0 Å². The van der Waals surface area contributed by atoms with E-state index in [9.17, 15) is 4.79 Å². The number of carbonyl (C=O) groups is 1. The third-order valence-electron chi connectivity index (χ3n) is 4.69. The highest BCUT2D eigenvalue weighted by atomic mass is 16.5. The van der Waals surface area contributed by atoms with Crippen LogP contribution in [0.3, 0.4) is 0 Å². The summed E-state index contributed by atoms with van der Waals surface area (Å²) in [5, 5.41) is 2.86. The second-order valence-corrected chi connectivity index (χ2v) is 7.50. The third kappa shape index (κ3) is 5.98. The Bertz CT molecular complexity index is 768. The van der Waals surface area contributed by atoms with Gasteiger partial charge in [0.25, 0.3) is 5.91 Å². The van der Waals surface area contributed by atoms with E-state index in [1.165, 1.54) is 18.4 Å². The van der Waals surface area contributed by atoms with Crippen LogP contribution >= 0.6 is 0 Å². The zero-order chi connectivity index (χ0) is 19.2. The molecule has 0 bridgehead atoms. The molecule has 1 N–H and O–H groups in total. The predicted octanol–water partition coefficient (Wildman–Crippen LogP) is 4.00. The van der Waals surface area contributed by atoms with Gasteiger partial charge in [0.1, 0.15) is 5.75 Å². The van der Waals surface area contributed by atoms with Crippen molar-refractivity contribution in [2.24, 2.45) is 5.92 Å². The Kier molecular flexibility index (Phi) is 6.32. The SMILES string of the molecule is Cc1ccc(C(C)C)cc1OCC(=O)NCc1ccc(OCC2CC2)nc1. The molecule has 144 valence electrons. The number of hydrogen-bond donors (Lipinski definition) is 1. The molecule has 1 saturated carbocycles. The fourth-order valence-electron chi connectivity index (χ4n) is 2.61. The van der Waals surface area contributed by atoms with Gasteiger partial charge in [-0.25, -0.2) is 4.98 Å². The van der Waals surface area contributed by atoms with Crippen LogP contribution in [0.15, 0.2) is 36.5 Å². The van der Waals surface area contributed by atoms with E-state index in [0.717, 1.165) is 23.5 Å². The van der Waals surface area contributed by atoms with Gasteiger partial charge >= 0.3 is 0 Å². The minimum atomic E-state index is -0.154. The zero-order valence-electron chi connectivity index (χ0n) is 16.3. The Morgan fingerprint density at radius 1 is 1.22 bits per heavy atom. The molecule has 0 saturated heterocycles. The fourth-order valence-corrected chi connectivity index (χ4v) is 2.61. The first-order valence-electron chi connectivity index (χ1n) is 9.59. The Morgan fingerprint density at radius 3 is 2.70 bits per heavy atom. The van der Waals surface area contributed by atoms with E-state index in [4.69, 9.17) is 9.47 Å². The van der Waals surface area contributed by atoms with Crippen molar-refractivity contribution in [3.05, 3.63) is 53.2 Å². The zero-order valence-corrected chi connectivity index (χ0v) is 16.3. The molecule has 1 amide bonds. The number of aromatic nitrogens is 1. The van der Waals surface area contributed by atoms with Gasteiger partial charge in [0, 0.05) is 18.8 Å². The average molecular weight is 368 g/mol. The number of benzene rings is 1. The van der Waals surface area contributed by atoms with Gasteiger partial charge in [-0.2, -0.15) is 0 Å². The molecule has 1 aliphatic rings. The number of aryl methyl sites for hydroxylation is 1. The molecule has 0 aliphatic heterocycles. The molecular formula is C22H28N2O3. The number of nitrogens with zero attached hydrogens (tertiary/aromatic N) is 1. The van der Waals surface area contributed by atoms with Crippen molar-refractivity contribution in [2.45, 2.75) is 46.1 Å². The molecule has 2 aromatic rings. The van der Waals surface area contributed by atoms with Crippen LogP contribution in [0.25, 0.3) is 0 Å². The van der Waals surface area contributed by atoms with Crippen molar-refractivity contribution in [1.29, 1.82) is 0 Å². The Morgan fingerprint density at radius 2 is 2.04 bits per heavy atom. The molecule has 1 aromatic heterocycles. The molecule has 5 nitrogen and oxygen atoms in total. The lowest BCUT2D eigenvalue weighted by atomic mass is 10.0. The number of nitrogens with one attached hydrogen (secondary N) is 1. The second-order valence-electron chi connectivity index (χ2n) is 7.50. The van der Waals surface area contributed by atoms with Crippen LogP contribution in [-0.2, 0) is 11.3 Å². The van der Waals surface area contributed by atoms with Crippen molar-refractivity contribution in [3.8, 4) is 11.6 Å². The molecular weight excluding hydrogens is 340 g/mol. The molecule has 0 spiro atoms. The summed E-state index contributed by atoms with van der Waals surface area (Å²) in [5.74, 6) is 2.37. The van der Waals surface area contributed by atoms with Crippen molar-refractivity contribution >= 4 is 5.91 Å². The van der Waals surface area contributed by atoms with Crippen LogP contribution in [0, 0.1) is 12.8 Å². The molecule has 27 heavy (non-hydrogen) atoms. The van der Waals surface area contributed by atoms with E-state index in [1.807, 2.05) is 31.2 Å². The number of ether oxygens (including phenoxy) is 2. The highest BCUT2D eigenvalue weighted by Gasteiger charge is 2.22. The highest BCUT2D eigenvalue weighted by molar-refractivity contribution is 5.77. The first kappa shape index (κ1) is 19.2. The normalized spacial score (nSPS) is 13.5. The molecule has 1 aromatic carbocycles. The molecule has 0 atom stereocenters. The monoisotopic (exact) mass is 368 g/mol. The predicted molar refractivity (Wildman–Crippen MR) is 105 cm³/mol. The topological polar surface area (TPSA) is 60.5 Å². The quantitative estimate of drug-likeness (QED) is 0.727. The van der Waals surface area contributed by atoms with Gasteiger partial charge in [-0.3, -0.25) is 4.79 Å². The van der Waals surface area contributed by atoms with E-state index < -0.39 is 0 Å². The minimum Gasteiger partial charge on any atom is -0.483 e. The number of rotatable bonds is 9. The van der Waals surface area contributed by atoms with Crippen molar-refractivity contribution in [3.63, 3.8) is 0 Å². The van der Waals surface area contributed by atoms with Gasteiger partial charge in [-0.15, -0.1) is 0 Å². The number of amides is 1. The molecule has 0 radical (unpaired) electrons. The van der Waals surface area contributed by atoms with E-state index in [2.05, 4.69) is 30.2 Å².